The number of nitrogens with one attached hydrogen (secondary N) is 1. The molecular weight excluding hydrogens is 349 g/mol. The SMILES string of the molecule is O=C(O)C(Nc1ccc(F)cc1)c1cc(Br)ccc1Cl. The summed E-state index contributed by atoms with van der Waals surface area (Å²) in [7, 11) is 0. The number of rotatable bonds is 4. The van der Waals surface area contributed by atoms with Crippen molar-refractivity contribution in [1.29, 1.82) is 0 Å². The van der Waals surface area contributed by atoms with Gasteiger partial charge in [0.2, 0.25) is 0 Å². The van der Waals surface area contributed by atoms with E-state index < -0.39 is 12.0 Å². The normalized spacial score (nSPS) is 11.9. The van der Waals surface area contributed by atoms with Gasteiger partial charge in [0, 0.05) is 20.7 Å². The number of anilines is 1. The number of hydrogen-bond donors (Lipinski definition) is 2. The summed E-state index contributed by atoms with van der Waals surface area (Å²) in [5.74, 6) is -1.46. The first kappa shape index (κ1) is 14.8. The van der Waals surface area contributed by atoms with Crippen molar-refractivity contribution in [1.82, 2.24) is 0 Å². The predicted molar refractivity (Wildman–Crippen MR) is 79.6 cm³/mol. The van der Waals surface area contributed by atoms with Crippen LogP contribution < -0.4 is 5.32 Å². The third-order valence-corrected chi connectivity index (χ3v) is 3.51. The van der Waals surface area contributed by atoms with Crippen LogP contribution in [0.3, 0.4) is 0 Å². The molecular formula is C14H10BrClFNO2. The van der Waals surface area contributed by atoms with Gasteiger partial charge in [-0.25, -0.2) is 9.18 Å². The molecule has 0 aliphatic carbocycles. The molecule has 0 heterocycles. The van der Waals surface area contributed by atoms with E-state index in [-0.39, 0.29) is 5.82 Å². The first-order valence-corrected chi connectivity index (χ1v) is 6.84. The molecule has 20 heavy (non-hydrogen) atoms. The molecule has 0 amide bonds. The third-order valence-electron chi connectivity index (χ3n) is 2.67. The highest BCUT2D eigenvalue weighted by Gasteiger charge is 2.22. The predicted octanol–water partition coefficient (Wildman–Crippen LogP) is 4.48. The molecule has 0 aromatic heterocycles. The van der Waals surface area contributed by atoms with Crippen LogP contribution in [0.4, 0.5) is 10.1 Å². The summed E-state index contributed by atoms with van der Waals surface area (Å²) in [6.45, 7) is 0. The maximum Gasteiger partial charge on any atom is 0.330 e. The summed E-state index contributed by atoms with van der Waals surface area (Å²) >= 11 is 9.32. The Morgan fingerprint density at radius 2 is 1.90 bits per heavy atom. The lowest BCUT2D eigenvalue weighted by atomic mass is 10.1. The second-order valence-corrected chi connectivity index (χ2v) is 5.41. The van der Waals surface area contributed by atoms with Crippen LogP contribution in [0.25, 0.3) is 0 Å². The highest BCUT2D eigenvalue weighted by molar-refractivity contribution is 9.10. The van der Waals surface area contributed by atoms with Gasteiger partial charge in [-0.05, 0) is 42.5 Å². The topological polar surface area (TPSA) is 49.3 Å². The molecule has 0 radical (unpaired) electrons. The first-order chi connectivity index (χ1) is 9.47. The van der Waals surface area contributed by atoms with E-state index in [0.29, 0.717) is 16.3 Å². The Morgan fingerprint density at radius 3 is 2.50 bits per heavy atom. The molecule has 0 aliphatic heterocycles. The van der Waals surface area contributed by atoms with Gasteiger partial charge in [-0.2, -0.15) is 0 Å². The average molecular weight is 359 g/mol. The fourth-order valence-electron chi connectivity index (χ4n) is 1.72. The zero-order valence-electron chi connectivity index (χ0n) is 10.1. The molecule has 0 fully saturated rings. The smallest absolute Gasteiger partial charge is 0.330 e. The van der Waals surface area contributed by atoms with E-state index >= 15 is 0 Å². The van der Waals surface area contributed by atoms with Gasteiger partial charge in [0.15, 0.2) is 6.04 Å². The Hall–Kier alpha value is -1.59. The van der Waals surface area contributed by atoms with Crippen LogP contribution in [0.5, 0.6) is 0 Å². The molecule has 6 heteroatoms. The highest BCUT2D eigenvalue weighted by Crippen LogP contribution is 2.29. The first-order valence-electron chi connectivity index (χ1n) is 5.67. The fourth-order valence-corrected chi connectivity index (χ4v) is 2.33. The van der Waals surface area contributed by atoms with Crippen LogP contribution in [-0.2, 0) is 4.79 Å². The number of benzene rings is 2. The van der Waals surface area contributed by atoms with Crippen LogP contribution in [-0.4, -0.2) is 11.1 Å². The molecule has 1 atom stereocenters. The number of carbonyl (C=O) groups is 1. The van der Waals surface area contributed by atoms with Crippen molar-refractivity contribution in [3.8, 4) is 0 Å². The minimum Gasteiger partial charge on any atom is -0.479 e. The molecule has 2 rings (SSSR count). The standard InChI is InChI=1S/C14H10BrClFNO2/c15-8-1-6-12(16)11(7-8)13(14(19)20)18-10-4-2-9(17)3-5-10/h1-7,13,18H,(H,19,20). The van der Waals surface area contributed by atoms with Gasteiger partial charge in [0.25, 0.3) is 0 Å². The quantitative estimate of drug-likeness (QED) is 0.847. The molecule has 104 valence electrons. The van der Waals surface area contributed by atoms with E-state index in [1.165, 1.54) is 24.3 Å². The molecule has 0 bridgehead atoms. The Morgan fingerprint density at radius 1 is 1.25 bits per heavy atom. The van der Waals surface area contributed by atoms with E-state index in [9.17, 15) is 14.3 Å². The second-order valence-electron chi connectivity index (χ2n) is 4.09. The van der Waals surface area contributed by atoms with Gasteiger partial charge >= 0.3 is 5.97 Å². The number of aliphatic carboxylic acids is 1. The summed E-state index contributed by atoms with van der Waals surface area (Å²) in [5, 5.41) is 12.5. The number of carboxylic acids is 1. The summed E-state index contributed by atoms with van der Waals surface area (Å²) in [4.78, 5) is 11.4. The van der Waals surface area contributed by atoms with Crippen molar-refractivity contribution in [2.45, 2.75) is 6.04 Å². The average Bonchev–Trinajstić information content (AvgIpc) is 2.41. The van der Waals surface area contributed by atoms with E-state index in [4.69, 9.17) is 11.6 Å². The maximum atomic E-state index is 12.9. The summed E-state index contributed by atoms with van der Waals surface area (Å²) in [5.41, 5.74) is 0.924. The second kappa shape index (κ2) is 6.24. The zero-order valence-corrected chi connectivity index (χ0v) is 12.5. The Labute approximate surface area is 128 Å². The number of carboxylic acid groups (broad SMARTS) is 1. The van der Waals surface area contributed by atoms with Crippen LogP contribution in [0.2, 0.25) is 5.02 Å². The van der Waals surface area contributed by atoms with Gasteiger partial charge in [0.05, 0.1) is 0 Å². The Balaban J connectivity index is 2.34. The van der Waals surface area contributed by atoms with Crippen molar-refractivity contribution in [2.24, 2.45) is 0 Å². The molecule has 1 unspecified atom stereocenters. The molecule has 2 N–H and O–H groups in total. The lowest BCUT2D eigenvalue weighted by Gasteiger charge is -2.17. The van der Waals surface area contributed by atoms with Crippen LogP contribution in [0, 0.1) is 5.82 Å². The fraction of sp³-hybridized carbons (Fsp3) is 0.0714. The minimum atomic E-state index is -1.07. The third kappa shape index (κ3) is 3.49. The summed E-state index contributed by atoms with van der Waals surface area (Å²) < 4.78 is 13.6. The molecule has 0 saturated heterocycles. The molecule has 0 spiro atoms. The molecule has 3 nitrogen and oxygen atoms in total. The van der Waals surface area contributed by atoms with E-state index in [1.807, 2.05) is 0 Å². The van der Waals surface area contributed by atoms with Crippen molar-refractivity contribution in [3.63, 3.8) is 0 Å². The molecule has 2 aromatic rings. The molecule has 0 aliphatic rings. The van der Waals surface area contributed by atoms with Gasteiger partial charge in [-0.1, -0.05) is 27.5 Å². The van der Waals surface area contributed by atoms with Crippen molar-refractivity contribution < 1.29 is 14.3 Å². The lowest BCUT2D eigenvalue weighted by Crippen LogP contribution is -2.20. The zero-order chi connectivity index (χ0) is 14.7. The Bertz CT molecular complexity index is 634. The van der Waals surface area contributed by atoms with Crippen LogP contribution in [0.1, 0.15) is 11.6 Å². The summed E-state index contributed by atoms with van der Waals surface area (Å²) in [6.07, 6.45) is 0. The van der Waals surface area contributed by atoms with E-state index in [2.05, 4.69) is 21.2 Å². The van der Waals surface area contributed by atoms with Crippen molar-refractivity contribution in [2.75, 3.05) is 5.32 Å². The Kier molecular flexibility index (Phi) is 4.62. The molecule has 0 saturated carbocycles. The van der Waals surface area contributed by atoms with Gasteiger partial charge in [-0.15, -0.1) is 0 Å². The van der Waals surface area contributed by atoms with Crippen molar-refractivity contribution in [3.05, 3.63) is 63.3 Å². The number of hydrogen-bond acceptors (Lipinski definition) is 2. The van der Waals surface area contributed by atoms with Crippen LogP contribution >= 0.6 is 27.5 Å². The van der Waals surface area contributed by atoms with E-state index in [0.717, 1.165) is 4.47 Å². The maximum absolute atomic E-state index is 12.9. The van der Waals surface area contributed by atoms with Gasteiger partial charge < -0.3 is 10.4 Å². The molecule has 2 aromatic carbocycles. The van der Waals surface area contributed by atoms with Crippen molar-refractivity contribution >= 4 is 39.2 Å². The van der Waals surface area contributed by atoms with Gasteiger partial charge in [0.1, 0.15) is 5.82 Å². The summed E-state index contributed by atoms with van der Waals surface area (Å²) in [6, 6.07) is 9.40. The highest BCUT2D eigenvalue weighted by atomic mass is 79.9. The lowest BCUT2D eigenvalue weighted by molar-refractivity contribution is -0.138. The monoisotopic (exact) mass is 357 g/mol. The van der Waals surface area contributed by atoms with E-state index in [1.54, 1.807) is 18.2 Å². The van der Waals surface area contributed by atoms with Crippen LogP contribution in [0.15, 0.2) is 46.9 Å². The minimum absolute atomic E-state index is 0.343. The van der Waals surface area contributed by atoms with Gasteiger partial charge in [-0.3, -0.25) is 0 Å². The largest absolute Gasteiger partial charge is 0.479 e. The number of halogens is 3.